The van der Waals surface area contributed by atoms with E-state index in [2.05, 4.69) is 5.32 Å². The molecule has 0 radical (unpaired) electrons. The molecule has 0 bridgehead atoms. The maximum atomic E-state index is 13.6. The zero-order chi connectivity index (χ0) is 16.8. The number of hydrogen-bond donors (Lipinski definition) is 2. The van der Waals surface area contributed by atoms with Crippen molar-refractivity contribution in [3.63, 3.8) is 0 Å². The number of amides is 2. The number of nitrogens with one attached hydrogen (secondary N) is 1. The average molecular weight is 378 g/mol. The SMILES string of the molecule is Cl.NCCC(=O)NCC1CCCCN1C(=O)c1cccc(F)c1Cl. The Balaban J connectivity index is 0.00000288. The Labute approximate surface area is 152 Å². The van der Waals surface area contributed by atoms with Crippen molar-refractivity contribution in [3.8, 4) is 0 Å². The molecule has 0 aromatic heterocycles. The number of piperidine rings is 1. The summed E-state index contributed by atoms with van der Waals surface area (Å²) in [6.45, 7) is 1.23. The minimum atomic E-state index is -0.609. The molecular weight excluding hydrogens is 356 g/mol. The summed E-state index contributed by atoms with van der Waals surface area (Å²) >= 11 is 5.92. The van der Waals surface area contributed by atoms with E-state index in [1.165, 1.54) is 18.2 Å². The fraction of sp³-hybridized carbons (Fsp3) is 0.500. The van der Waals surface area contributed by atoms with E-state index in [1.54, 1.807) is 4.90 Å². The number of nitrogens with two attached hydrogens (primary N) is 1. The highest BCUT2D eigenvalue weighted by Crippen LogP contribution is 2.25. The molecule has 2 amide bonds. The molecule has 1 atom stereocenters. The van der Waals surface area contributed by atoms with Gasteiger partial charge in [0, 0.05) is 32.1 Å². The molecule has 2 rings (SSSR count). The van der Waals surface area contributed by atoms with Gasteiger partial charge in [-0.3, -0.25) is 9.59 Å². The van der Waals surface area contributed by atoms with Crippen LogP contribution in [0.4, 0.5) is 4.39 Å². The van der Waals surface area contributed by atoms with Gasteiger partial charge in [0.2, 0.25) is 5.91 Å². The Morgan fingerprint density at radius 2 is 2.12 bits per heavy atom. The molecule has 3 N–H and O–H groups in total. The second kappa shape index (κ2) is 9.81. The van der Waals surface area contributed by atoms with Gasteiger partial charge in [-0.05, 0) is 31.4 Å². The fourth-order valence-electron chi connectivity index (χ4n) is 2.75. The molecule has 1 aromatic carbocycles. The zero-order valence-electron chi connectivity index (χ0n) is 13.3. The van der Waals surface area contributed by atoms with E-state index < -0.39 is 5.82 Å². The Bertz CT molecular complexity index is 586. The Morgan fingerprint density at radius 3 is 2.83 bits per heavy atom. The molecule has 8 heteroatoms. The van der Waals surface area contributed by atoms with Gasteiger partial charge in [0.1, 0.15) is 5.82 Å². The monoisotopic (exact) mass is 377 g/mol. The number of halogens is 3. The number of carbonyl (C=O) groups excluding carboxylic acids is 2. The molecule has 1 aliphatic rings. The topological polar surface area (TPSA) is 75.4 Å². The lowest BCUT2D eigenvalue weighted by molar-refractivity contribution is -0.121. The van der Waals surface area contributed by atoms with E-state index in [-0.39, 0.29) is 53.8 Å². The molecule has 1 aromatic rings. The predicted molar refractivity (Wildman–Crippen MR) is 94.0 cm³/mol. The number of hydrogen-bond acceptors (Lipinski definition) is 3. The zero-order valence-corrected chi connectivity index (χ0v) is 14.8. The van der Waals surface area contributed by atoms with E-state index >= 15 is 0 Å². The first-order valence-corrected chi connectivity index (χ1v) is 8.14. The summed E-state index contributed by atoms with van der Waals surface area (Å²) in [7, 11) is 0. The first kappa shape index (κ1) is 20.7. The van der Waals surface area contributed by atoms with Crippen molar-refractivity contribution in [2.45, 2.75) is 31.7 Å². The molecule has 0 aliphatic carbocycles. The van der Waals surface area contributed by atoms with Crippen LogP contribution in [0.3, 0.4) is 0 Å². The van der Waals surface area contributed by atoms with Gasteiger partial charge in [-0.2, -0.15) is 0 Å². The lowest BCUT2D eigenvalue weighted by Gasteiger charge is -2.36. The van der Waals surface area contributed by atoms with Crippen LogP contribution in [0.25, 0.3) is 0 Å². The molecule has 0 saturated carbocycles. The van der Waals surface area contributed by atoms with Crippen LogP contribution >= 0.6 is 24.0 Å². The molecular formula is C16H22Cl2FN3O2. The fourth-order valence-corrected chi connectivity index (χ4v) is 2.96. The quantitative estimate of drug-likeness (QED) is 0.826. The van der Waals surface area contributed by atoms with E-state index in [0.29, 0.717) is 13.1 Å². The van der Waals surface area contributed by atoms with Crippen LogP contribution in [-0.4, -0.2) is 42.4 Å². The number of carbonyl (C=O) groups is 2. The van der Waals surface area contributed by atoms with E-state index in [1.807, 2.05) is 0 Å². The second-order valence-corrected chi connectivity index (χ2v) is 5.97. The van der Waals surface area contributed by atoms with Gasteiger partial charge in [-0.1, -0.05) is 17.7 Å². The van der Waals surface area contributed by atoms with Crippen molar-refractivity contribution in [2.24, 2.45) is 5.73 Å². The van der Waals surface area contributed by atoms with Crippen molar-refractivity contribution >= 4 is 35.8 Å². The third kappa shape index (κ3) is 5.06. The summed E-state index contributed by atoms with van der Waals surface area (Å²) in [6.07, 6.45) is 2.92. The lowest BCUT2D eigenvalue weighted by Crippen LogP contribution is -2.49. The van der Waals surface area contributed by atoms with Gasteiger partial charge in [-0.25, -0.2) is 4.39 Å². The van der Waals surface area contributed by atoms with Gasteiger partial charge >= 0.3 is 0 Å². The molecule has 1 saturated heterocycles. The molecule has 24 heavy (non-hydrogen) atoms. The maximum absolute atomic E-state index is 13.6. The average Bonchev–Trinajstić information content (AvgIpc) is 2.55. The molecule has 5 nitrogen and oxygen atoms in total. The molecule has 1 fully saturated rings. The maximum Gasteiger partial charge on any atom is 0.255 e. The van der Waals surface area contributed by atoms with Crippen LogP contribution in [0.5, 0.6) is 0 Å². The number of likely N-dealkylation sites (tertiary alicyclic amines) is 1. The van der Waals surface area contributed by atoms with Gasteiger partial charge < -0.3 is 16.0 Å². The van der Waals surface area contributed by atoms with Gasteiger partial charge in [0.25, 0.3) is 5.91 Å². The van der Waals surface area contributed by atoms with Crippen molar-refractivity contribution in [1.29, 1.82) is 0 Å². The standard InChI is InChI=1S/C16H21ClFN3O2.ClH/c17-15-12(5-3-6-13(15)18)16(23)21-9-2-1-4-11(21)10-20-14(22)7-8-19;/h3,5-6,11H,1-2,4,7-10,19H2,(H,20,22);1H. The number of rotatable bonds is 5. The third-order valence-electron chi connectivity index (χ3n) is 3.98. The molecule has 1 aliphatic heterocycles. The van der Waals surface area contributed by atoms with Crippen LogP contribution in [0.1, 0.15) is 36.0 Å². The molecule has 0 spiro atoms. The van der Waals surface area contributed by atoms with Crippen LogP contribution in [0.2, 0.25) is 5.02 Å². The van der Waals surface area contributed by atoms with Gasteiger partial charge in [0.05, 0.1) is 10.6 Å². The summed E-state index contributed by atoms with van der Waals surface area (Å²) in [5, 5.41) is 2.64. The van der Waals surface area contributed by atoms with Crippen LogP contribution < -0.4 is 11.1 Å². The Hall–Kier alpha value is -1.37. The van der Waals surface area contributed by atoms with E-state index in [4.69, 9.17) is 17.3 Å². The summed E-state index contributed by atoms with van der Waals surface area (Å²) in [5.74, 6) is -1.04. The highest BCUT2D eigenvalue weighted by atomic mass is 35.5. The Morgan fingerprint density at radius 1 is 1.38 bits per heavy atom. The van der Waals surface area contributed by atoms with Crippen LogP contribution in [-0.2, 0) is 4.79 Å². The first-order valence-electron chi connectivity index (χ1n) is 7.76. The minimum Gasteiger partial charge on any atom is -0.354 e. The molecule has 1 heterocycles. The summed E-state index contributed by atoms with van der Waals surface area (Å²) < 4.78 is 13.6. The van der Waals surface area contributed by atoms with Gasteiger partial charge in [0.15, 0.2) is 0 Å². The predicted octanol–water partition coefficient (Wildman–Crippen LogP) is 2.36. The van der Waals surface area contributed by atoms with Gasteiger partial charge in [-0.15, -0.1) is 12.4 Å². The normalized spacial score (nSPS) is 17.1. The first-order chi connectivity index (χ1) is 11.0. The van der Waals surface area contributed by atoms with Crippen molar-refractivity contribution in [3.05, 3.63) is 34.6 Å². The smallest absolute Gasteiger partial charge is 0.255 e. The lowest BCUT2D eigenvalue weighted by atomic mass is 10.0. The second-order valence-electron chi connectivity index (χ2n) is 5.59. The van der Waals surface area contributed by atoms with E-state index in [9.17, 15) is 14.0 Å². The van der Waals surface area contributed by atoms with Crippen LogP contribution in [0, 0.1) is 5.82 Å². The minimum absolute atomic E-state index is 0. The highest BCUT2D eigenvalue weighted by molar-refractivity contribution is 6.34. The van der Waals surface area contributed by atoms with Crippen LogP contribution in [0.15, 0.2) is 18.2 Å². The highest BCUT2D eigenvalue weighted by Gasteiger charge is 2.29. The largest absolute Gasteiger partial charge is 0.354 e. The summed E-state index contributed by atoms with van der Waals surface area (Å²) in [5.41, 5.74) is 5.50. The number of nitrogens with zero attached hydrogens (tertiary/aromatic N) is 1. The third-order valence-corrected chi connectivity index (χ3v) is 4.36. The van der Waals surface area contributed by atoms with Crippen molar-refractivity contribution in [2.75, 3.05) is 19.6 Å². The number of benzene rings is 1. The van der Waals surface area contributed by atoms with E-state index in [0.717, 1.165) is 19.3 Å². The Kier molecular flexibility index (Phi) is 8.45. The van der Waals surface area contributed by atoms with Crippen molar-refractivity contribution in [1.82, 2.24) is 10.2 Å². The molecule has 1 unspecified atom stereocenters. The van der Waals surface area contributed by atoms with Crippen molar-refractivity contribution < 1.29 is 14.0 Å². The summed E-state index contributed by atoms with van der Waals surface area (Å²) in [4.78, 5) is 25.9. The summed E-state index contributed by atoms with van der Waals surface area (Å²) in [6, 6.07) is 4.10. The molecule has 134 valence electrons.